The van der Waals surface area contributed by atoms with E-state index in [1.54, 1.807) is 0 Å². The van der Waals surface area contributed by atoms with E-state index in [1.165, 1.54) is 37.7 Å². The minimum Gasteiger partial charge on any atom is -0.493 e. The molecule has 20 heavy (non-hydrogen) atoms. The lowest BCUT2D eigenvalue weighted by Crippen LogP contribution is -2.14. The number of halogens is 2. The van der Waals surface area contributed by atoms with E-state index in [4.69, 9.17) is 4.74 Å². The van der Waals surface area contributed by atoms with Crippen LogP contribution < -0.4 is 10.1 Å². The molecule has 0 aliphatic rings. The molecule has 0 amide bonds. The Balaban J connectivity index is 0.00000361. The second kappa shape index (κ2) is 12.5. The first-order chi connectivity index (χ1) is 9.27. The summed E-state index contributed by atoms with van der Waals surface area (Å²) in [5, 5.41) is 3.50. The minimum atomic E-state index is 0. The van der Waals surface area contributed by atoms with Gasteiger partial charge in [-0.3, -0.25) is 0 Å². The Morgan fingerprint density at radius 2 is 1.85 bits per heavy atom. The molecular weight excluding hydrogens is 338 g/mol. The van der Waals surface area contributed by atoms with Crippen LogP contribution in [-0.4, -0.2) is 13.2 Å². The lowest BCUT2D eigenvalue weighted by atomic mass is 10.1. The maximum atomic E-state index is 5.50. The Morgan fingerprint density at radius 3 is 2.50 bits per heavy atom. The lowest BCUT2D eigenvalue weighted by molar-refractivity contribution is 0.338. The highest BCUT2D eigenvalue weighted by Gasteiger charge is 2.01. The molecule has 2 nitrogen and oxygen atoms in total. The molecule has 0 heterocycles. The SMILES string of the molecule is CCCCCCCNCc1ccc(OCC)c(Br)c1.Cl. The van der Waals surface area contributed by atoms with Crippen LogP contribution in [-0.2, 0) is 6.54 Å². The van der Waals surface area contributed by atoms with Crippen molar-refractivity contribution in [2.24, 2.45) is 0 Å². The van der Waals surface area contributed by atoms with Crippen LogP contribution in [0.2, 0.25) is 0 Å². The molecule has 0 unspecified atom stereocenters. The first kappa shape index (κ1) is 19.8. The van der Waals surface area contributed by atoms with E-state index in [0.29, 0.717) is 6.61 Å². The molecule has 0 atom stereocenters. The van der Waals surface area contributed by atoms with Gasteiger partial charge >= 0.3 is 0 Å². The van der Waals surface area contributed by atoms with Crippen molar-refractivity contribution in [2.45, 2.75) is 52.5 Å². The van der Waals surface area contributed by atoms with Crippen molar-refractivity contribution in [3.05, 3.63) is 28.2 Å². The molecule has 1 N–H and O–H groups in total. The molecule has 0 spiro atoms. The molecular formula is C16H27BrClNO. The van der Waals surface area contributed by atoms with Crippen molar-refractivity contribution in [3.63, 3.8) is 0 Å². The predicted octanol–water partition coefficient (Wildman–Crippen LogP) is 5.33. The van der Waals surface area contributed by atoms with Gasteiger partial charge < -0.3 is 10.1 Å². The quantitative estimate of drug-likeness (QED) is 0.567. The van der Waals surface area contributed by atoms with E-state index < -0.39 is 0 Å². The molecule has 0 fully saturated rings. The number of nitrogens with one attached hydrogen (secondary N) is 1. The van der Waals surface area contributed by atoms with Crippen LogP contribution in [0.3, 0.4) is 0 Å². The summed E-state index contributed by atoms with van der Waals surface area (Å²) in [7, 11) is 0. The Labute approximate surface area is 138 Å². The average molecular weight is 365 g/mol. The monoisotopic (exact) mass is 363 g/mol. The fraction of sp³-hybridized carbons (Fsp3) is 0.625. The van der Waals surface area contributed by atoms with E-state index in [1.807, 2.05) is 13.0 Å². The van der Waals surface area contributed by atoms with Crippen molar-refractivity contribution in [2.75, 3.05) is 13.2 Å². The zero-order valence-corrected chi connectivity index (χ0v) is 15.0. The Kier molecular flexibility index (Phi) is 12.3. The van der Waals surface area contributed by atoms with Gasteiger partial charge in [0.15, 0.2) is 0 Å². The van der Waals surface area contributed by atoms with E-state index in [0.717, 1.165) is 23.3 Å². The van der Waals surface area contributed by atoms with Crippen molar-refractivity contribution in [1.82, 2.24) is 5.32 Å². The van der Waals surface area contributed by atoms with Gasteiger partial charge in [0.25, 0.3) is 0 Å². The zero-order valence-electron chi connectivity index (χ0n) is 12.6. The lowest BCUT2D eigenvalue weighted by Gasteiger charge is -2.09. The van der Waals surface area contributed by atoms with Crippen LogP contribution >= 0.6 is 28.3 Å². The summed E-state index contributed by atoms with van der Waals surface area (Å²) in [5.41, 5.74) is 1.30. The van der Waals surface area contributed by atoms with Crippen molar-refractivity contribution >= 4 is 28.3 Å². The topological polar surface area (TPSA) is 21.3 Å². The molecule has 4 heteroatoms. The van der Waals surface area contributed by atoms with Gasteiger partial charge in [0.05, 0.1) is 11.1 Å². The largest absolute Gasteiger partial charge is 0.493 e. The fourth-order valence-electron chi connectivity index (χ4n) is 2.01. The highest BCUT2D eigenvalue weighted by Crippen LogP contribution is 2.25. The number of rotatable bonds is 10. The standard InChI is InChI=1S/C16H26BrNO.ClH/c1-3-5-6-7-8-11-18-13-14-9-10-16(19-4-2)15(17)12-14;/h9-10,12,18H,3-8,11,13H2,1-2H3;1H. The first-order valence-corrected chi connectivity index (χ1v) is 8.19. The highest BCUT2D eigenvalue weighted by atomic mass is 79.9. The smallest absolute Gasteiger partial charge is 0.133 e. The predicted molar refractivity (Wildman–Crippen MR) is 93.0 cm³/mol. The Bertz CT molecular complexity index is 360. The van der Waals surface area contributed by atoms with Gasteiger partial charge in [0.2, 0.25) is 0 Å². The third kappa shape index (κ3) is 8.13. The molecule has 0 saturated heterocycles. The Hall–Kier alpha value is -0.250. The van der Waals surface area contributed by atoms with Gasteiger partial charge in [0.1, 0.15) is 5.75 Å². The summed E-state index contributed by atoms with van der Waals surface area (Å²) in [6.45, 7) is 6.99. The summed E-state index contributed by atoms with van der Waals surface area (Å²) in [4.78, 5) is 0. The summed E-state index contributed by atoms with van der Waals surface area (Å²) >= 11 is 3.55. The summed E-state index contributed by atoms with van der Waals surface area (Å²) in [6.07, 6.45) is 6.66. The first-order valence-electron chi connectivity index (χ1n) is 7.39. The molecule has 1 aromatic rings. The third-order valence-corrected chi connectivity index (χ3v) is 3.70. The van der Waals surface area contributed by atoms with Gasteiger partial charge in [-0.05, 0) is 53.5 Å². The zero-order chi connectivity index (χ0) is 13.9. The molecule has 0 aliphatic heterocycles. The van der Waals surface area contributed by atoms with Gasteiger partial charge in [-0.25, -0.2) is 0 Å². The van der Waals surface area contributed by atoms with E-state index >= 15 is 0 Å². The van der Waals surface area contributed by atoms with E-state index in [-0.39, 0.29) is 12.4 Å². The fourth-order valence-corrected chi connectivity index (χ4v) is 2.55. The molecule has 0 radical (unpaired) electrons. The summed E-state index contributed by atoms with van der Waals surface area (Å²) in [6, 6.07) is 6.29. The molecule has 0 aromatic heterocycles. The van der Waals surface area contributed by atoms with Gasteiger partial charge in [0, 0.05) is 6.54 Å². The van der Waals surface area contributed by atoms with Crippen LogP contribution in [0.15, 0.2) is 22.7 Å². The Morgan fingerprint density at radius 1 is 1.10 bits per heavy atom. The van der Waals surface area contributed by atoms with Crippen LogP contribution in [0.4, 0.5) is 0 Å². The maximum Gasteiger partial charge on any atom is 0.133 e. The van der Waals surface area contributed by atoms with Crippen molar-refractivity contribution in [1.29, 1.82) is 0 Å². The third-order valence-electron chi connectivity index (χ3n) is 3.08. The van der Waals surface area contributed by atoms with Gasteiger partial charge in [-0.2, -0.15) is 0 Å². The number of ether oxygens (including phenoxy) is 1. The number of unbranched alkanes of at least 4 members (excludes halogenated alkanes) is 4. The van der Waals surface area contributed by atoms with E-state index in [9.17, 15) is 0 Å². The summed E-state index contributed by atoms with van der Waals surface area (Å²) < 4.78 is 6.54. The normalized spacial score (nSPS) is 10.2. The average Bonchev–Trinajstić information content (AvgIpc) is 2.41. The molecule has 1 rings (SSSR count). The number of hydrogen-bond acceptors (Lipinski definition) is 2. The van der Waals surface area contributed by atoms with E-state index in [2.05, 4.69) is 40.3 Å². The summed E-state index contributed by atoms with van der Waals surface area (Å²) in [5.74, 6) is 0.922. The van der Waals surface area contributed by atoms with Crippen molar-refractivity contribution in [3.8, 4) is 5.75 Å². The molecule has 0 bridgehead atoms. The van der Waals surface area contributed by atoms with Crippen molar-refractivity contribution < 1.29 is 4.74 Å². The van der Waals surface area contributed by atoms with Crippen LogP contribution in [0.5, 0.6) is 5.75 Å². The second-order valence-electron chi connectivity index (χ2n) is 4.79. The number of benzene rings is 1. The second-order valence-corrected chi connectivity index (χ2v) is 5.64. The van der Waals surface area contributed by atoms with Crippen LogP contribution in [0, 0.1) is 0 Å². The minimum absolute atomic E-state index is 0. The molecule has 116 valence electrons. The van der Waals surface area contributed by atoms with Crippen LogP contribution in [0.25, 0.3) is 0 Å². The molecule has 0 aliphatic carbocycles. The van der Waals surface area contributed by atoms with Gasteiger partial charge in [-0.1, -0.05) is 38.7 Å². The molecule has 1 aromatic carbocycles. The maximum absolute atomic E-state index is 5.50. The van der Waals surface area contributed by atoms with Gasteiger partial charge in [-0.15, -0.1) is 12.4 Å². The van der Waals surface area contributed by atoms with Crippen LogP contribution in [0.1, 0.15) is 51.5 Å². The highest BCUT2D eigenvalue weighted by molar-refractivity contribution is 9.10. The number of hydrogen-bond donors (Lipinski definition) is 1. The molecule has 0 saturated carbocycles.